The van der Waals surface area contributed by atoms with Gasteiger partial charge in [-0.15, -0.1) is 0 Å². The summed E-state index contributed by atoms with van der Waals surface area (Å²) in [5.41, 5.74) is 0.750. The highest BCUT2D eigenvalue weighted by Crippen LogP contribution is 2.32. The van der Waals surface area contributed by atoms with Crippen molar-refractivity contribution in [3.05, 3.63) is 72.5 Å². The molecule has 0 saturated carbocycles. The lowest BCUT2D eigenvalue weighted by Crippen LogP contribution is -2.35. The van der Waals surface area contributed by atoms with Gasteiger partial charge in [-0.3, -0.25) is 0 Å². The lowest BCUT2D eigenvalue weighted by molar-refractivity contribution is 0.333. The van der Waals surface area contributed by atoms with Crippen LogP contribution in [0, 0.1) is 5.82 Å². The van der Waals surface area contributed by atoms with Gasteiger partial charge in [-0.05, 0) is 48.6 Å². The highest BCUT2D eigenvalue weighted by Gasteiger charge is 2.27. The highest BCUT2D eigenvalue weighted by atomic mass is 19.1. The van der Waals surface area contributed by atoms with Crippen LogP contribution in [0.2, 0.25) is 0 Å². The van der Waals surface area contributed by atoms with Crippen LogP contribution in [0.3, 0.4) is 0 Å². The van der Waals surface area contributed by atoms with Crippen molar-refractivity contribution in [3.8, 4) is 11.4 Å². The number of hydrogen-bond donors (Lipinski definition) is 0. The van der Waals surface area contributed by atoms with Gasteiger partial charge in [0.15, 0.2) is 0 Å². The van der Waals surface area contributed by atoms with Crippen LogP contribution in [-0.2, 0) is 0 Å². The monoisotopic (exact) mass is 374 g/mol. The molecule has 2 aromatic heterocycles. The molecule has 1 saturated heterocycles. The first-order valence-electron chi connectivity index (χ1n) is 9.46. The van der Waals surface area contributed by atoms with E-state index in [2.05, 4.69) is 32.2 Å². The summed E-state index contributed by atoms with van der Waals surface area (Å²) in [5, 5.41) is 6.44. The van der Waals surface area contributed by atoms with Gasteiger partial charge < -0.3 is 9.42 Å². The number of piperidine rings is 1. The minimum Gasteiger partial charge on any atom is -0.355 e. The Morgan fingerprint density at radius 2 is 1.89 bits per heavy atom. The maximum absolute atomic E-state index is 13.1. The summed E-state index contributed by atoms with van der Waals surface area (Å²) in [6.07, 6.45) is 3.89. The molecule has 1 aliphatic rings. The van der Waals surface area contributed by atoms with Crippen LogP contribution in [0.1, 0.15) is 24.7 Å². The highest BCUT2D eigenvalue weighted by molar-refractivity contribution is 5.92. The Labute approximate surface area is 161 Å². The molecule has 0 bridgehead atoms. The van der Waals surface area contributed by atoms with Crippen LogP contribution in [0.5, 0.6) is 0 Å². The molecule has 3 heterocycles. The summed E-state index contributed by atoms with van der Waals surface area (Å²) in [5.74, 6) is 2.00. The smallest absolute Gasteiger partial charge is 0.231 e. The molecule has 28 heavy (non-hydrogen) atoms. The van der Waals surface area contributed by atoms with Gasteiger partial charge in [-0.1, -0.05) is 29.4 Å². The Hall–Kier alpha value is -3.28. The first kappa shape index (κ1) is 16.9. The molecule has 0 spiro atoms. The second-order valence-electron chi connectivity index (χ2n) is 7.10. The number of fused-ring (bicyclic) bond motifs is 1. The molecule has 6 heteroatoms. The van der Waals surface area contributed by atoms with E-state index in [1.807, 2.05) is 24.4 Å². The van der Waals surface area contributed by atoms with E-state index in [0.29, 0.717) is 11.7 Å². The Balaban J connectivity index is 1.41. The maximum Gasteiger partial charge on any atom is 0.231 e. The fourth-order valence-corrected chi connectivity index (χ4v) is 3.84. The fraction of sp³-hybridized carbons (Fsp3) is 0.227. The van der Waals surface area contributed by atoms with Crippen LogP contribution < -0.4 is 4.90 Å². The van der Waals surface area contributed by atoms with E-state index in [1.54, 1.807) is 12.1 Å². The molecule has 0 N–H and O–H groups in total. The predicted octanol–water partition coefficient (Wildman–Crippen LogP) is 4.81. The molecule has 1 aliphatic heterocycles. The Morgan fingerprint density at radius 3 is 2.79 bits per heavy atom. The van der Waals surface area contributed by atoms with E-state index >= 15 is 0 Å². The second-order valence-corrected chi connectivity index (χ2v) is 7.10. The van der Waals surface area contributed by atoms with Crippen LogP contribution in [0.25, 0.3) is 22.2 Å². The van der Waals surface area contributed by atoms with Gasteiger partial charge in [0.2, 0.25) is 11.7 Å². The summed E-state index contributed by atoms with van der Waals surface area (Å²) in [6.45, 7) is 1.74. The normalized spacial score (nSPS) is 17.2. The first-order chi connectivity index (χ1) is 13.8. The van der Waals surface area contributed by atoms with E-state index in [4.69, 9.17) is 4.52 Å². The van der Waals surface area contributed by atoms with Crippen LogP contribution >= 0.6 is 0 Å². The number of hydrogen-bond acceptors (Lipinski definition) is 5. The minimum atomic E-state index is -0.280. The molecule has 4 aromatic rings. The zero-order valence-corrected chi connectivity index (χ0v) is 15.3. The summed E-state index contributed by atoms with van der Waals surface area (Å²) in [4.78, 5) is 11.5. The molecule has 5 rings (SSSR count). The molecule has 0 unspecified atom stereocenters. The molecular formula is C22H19FN4O. The molecule has 0 aliphatic carbocycles. The lowest BCUT2D eigenvalue weighted by Gasteiger charge is -2.32. The zero-order valence-electron chi connectivity index (χ0n) is 15.3. The van der Waals surface area contributed by atoms with Gasteiger partial charge >= 0.3 is 0 Å². The average molecular weight is 374 g/mol. The van der Waals surface area contributed by atoms with Crippen molar-refractivity contribution in [1.82, 2.24) is 15.1 Å². The Morgan fingerprint density at radius 1 is 1.04 bits per heavy atom. The van der Waals surface area contributed by atoms with Gasteiger partial charge in [0.1, 0.15) is 11.6 Å². The van der Waals surface area contributed by atoms with Crippen molar-refractivity contribution in [2.75, 3.05) is 18.0 Å². The molecule has 0 radical (unpaired) electrons. The minimum absolute atomic E-state index is 0.149. The molecule has 5 nitrogen and oxygen atoms in total. The summed E-state index contributed by atoms with van der Waals surface area (Å²) < 4.78 is 18.7. The Kier molecular flexibility index (Phi) is 4.24. The van der Waals surface area contributed by atoms with Gasteiger partial charge in [0, 0.05) is 30.2 Å². The number of pyridine rings is 1. The number of anilines is 1. The van der Waals surface area contributed by atoms with E-state index < -0.39 is 0 Å². The average Bonchev–Trinajstić information content (AvgIpc) is 3.24. The van der Waals surface area contributed by atoms with Crippen molar-refractivity contribution >= 4 is 16.6 Å². The van der Waals surface area contributed by atoms with Gasteiger partial charge in [0.25, 0.3) is 0 Å². The van der Waals surface area contributed by atoms with Crippen molar-refractivity contribution < 1.29 is 8.91 Å². The van der Waals surface area contributed by atoms with E-state index in [0.717, 1.165) is 42.7 Å². The Bertz CT molecular complexity index is 1100. The lowest BCUT2D eigenvalue weighted by atomic mass is 9.97. The standard InChI is InChI=1S/C22H19FN4O/c23-18-9-7-16(8-10-18)20-25-22(28-26-20)17-5-3-13-27(14-17)21-19-6-2-1-4-15(19)11-12-24-21/h1-2,4,6-12,17H,3,5,13-14H2/t17-/m0/s1. The number of nitrogens with zero attached hydrogens (tertiary/aromatic N) is 4. The molecular weight excluding hydrogens is 355 g/mol. The second kappa shape index (κ2) is 7.03. The van der Waals surface area contributed by atoms with Gasteiger partial charge in [-0.25, -0.2) is 9.37 Å². The molecule has 1 atom stereocenters. The number of halogens is 1. The van der Waals surface area contributed by atoms with E-state index in [-0.39, 0.29) is 11.7 Å². The molecule has 1 fully saturated rings. The summed E-state index contributed by atoms with van der Waals surface area (Å²) >= 11 is 0. The third kappa shape index (κ3) is 3.11. The number of rotatable bonds is 3. The zero-order chi connectivity index (χ0) is 18.9. The molecule has 140 valence electrons. The van der Waals surface area contributed by atoms with Gasteiger partial charge in [0.05, 0.1) is 5.92 Å². The van der Waals surface area contributed by atoms with Crippen molar-refractivity contribution in [2.24, 2.45) is 0 Å². The van der Waals surface area contributed by atoms with Crippen molar-refractivity contribution in [2.45, 2.75) is 18.8 Å². The third-order valence-electron chi connectivity index (χ3n) is 5.27. The molecule has 2 aromatic carbocycles. The number of benzene rings is 2. The maximum atomic E-state index is 13.1. The van der Waals surface area contributed by atoms with Crippen LogP contribution in [-0.4, -0.2) is 28.2 Å². The van der Waals surface area contributed by atoms with Crippen LogP contribution in [0.15, 0.2) is 65.3 Å². The largest absolute Gasteiger partial charge is 0.355 e. The molecule has 0 amide bonds. The topological polar surface area (TPSA) is 55.1 Å². The summed E-state index contributed by atoms with van der Waals surface area (Å²) in [6, 6.07) is 16.5. The van der Waals surface area contributed by atoms with Crippen LogP contribution in [0.4, 0.5) is 10.2 Å². The third-order valence-corrected chi connectivity index (χ3v) is 5.27. The van der Waals surface area contributed by atoms with Crippen molar-refractivity contribution in [1.29, 1.82) is 0 Å². The number of aromatic nitrogens is 3. The first-order valence-corrected chi connectivity index (χ1v) is 9.46. The van der Waals surface area contributed by atoms with Crippen molar-refractivity contribution in [3.63, 3.8) is 0 Å². The van der Waals surface area contributed by atoms with E-state index in [1.165, 1.54) is 17.5 Å². The van der Waals surface area contributed by atoms with E-state index in [9.17, 15) is 4.39 Å². The fourth-order valence-electron chi connectivity index (χ4n) is 3.84. The van der Waals surface area contributed by atoms with Gasteiger partial charge in [-0.2, -0.15) is 4.98 Å². The SMILES string of the molecule is Fc1ccc(-c2noc([C@H]3CCCN(c4nccc5ccccc45)C3)n2)cc1. The predicted molar refractivity (Wildman–Crippen MR) is 106 cm³/mol. The summed E-state index contributed by atoms with van der Waals surface area (Å²) in [7, 11) is 0. The quantitative estimate of drug-likeness (QED) is 0.515.